The van der Waals surface area contributed by atoms with Gasteiger partial charge in [-0.25, -0.2) is 8.42 Å². The van der Waals surface area contributed by atoms with Crippen LogP contribution in [0.2, 0.25) is 0 Å². The molecule has 0 aliphatic carbocycles. The van der Waals surface area contributed by atoms with Gasteiger partial charge in [0.1, 0.15) is 0 Å². The van der Waals surface area contributed by atoms with Crippen LogP contribution in [-0.2, 0) is 16.4 Å². The van der Waals surface area contributed by atoms with Gasteiger partial charge in [-0.3, -0.25) is 9.10 Å². The summed E-state index contributed by atoms with van der Waals surface area (Å²) in [6.45, 7) is 0.455. The number of nitrogens with zero attached hydrogens (tertiary/aromatic N) is 1. The van der Waals surface area contributed by atoms with Crippen molar-refractivity contribution in [2.75, 3.05) is 18.0 Å². The van der Waals surface area contributed by atoms with E-state index in [9.17, 15) is 13.2 Å². The van der Waals surface area contributed by atoms with Crippen LogP contribution in [0, 0.1) is 0 Å². The number of para-hydroxylation sites is 1. The van der Waals surface area contributed by atoms with Gasteiger partial charge in [-0.05, 0) is 48.7 Å². The van der Waals surface area contributed by atoms with E-state index in [0.29, 0.717) is 6.54 Å². The number of benzene rings is 3. The normalized spacial score (nSPS) is 12.4. The van der Waals surface area contributed by atoms with Gasteiger partial charge in [-0.15, -0.1) is 0 Å². The number of sulfonamides is 1. The molecule has 0 spiro atoms. The van der Waals surface area contributed by atoms with Crippen molar-refractivity contribution in [1.82, 2.24) is 0 Å². The second-order valence-electron chi connectivity index (χ2n) is 6.35. The molecule has 1 amide bonds. The van der Waals surface area contributed by atoms with E-state index >= 15 is 0 Å². The van der Waals surface area contributed by atoms with Crippen LogP contribution in [0.15, 0.2) is 89.8 Å². The number of carbonyl (C=O) groups is 1. The van der Waals surface area contributed by atoms with Gasteiger partial charge >= 0.3 is 0 Å². The van der Waals surface area contributed by atoms with Gasteiger partial charge in [0.15, 0.2) is 0 Å². The van der Waals surface area contributed by atoms with Crippen LogP contribution in [0.5, 0.6) is 0 Å². The summed E-state index contributed by atoms with van der Waals surface area (Å²) in [5.74, 6) is -0.577. The molecule has 0 saturated carbocycles. The van der Waals surface area contributed by atoms with Crippen molar-refractivity contribution in [3.8, 4) is 0 Å². The molecule has 3 aromatic rings. The molecule has 6 nitrogen and oxygen atoms in total. The summed E-state index contributed by atoms with van der Waals surface area (Å²) in [5.41, 5.74) is 7.23. The van der Waals surface area contributed by atoms with Crippen molar-refractivity contribution in [2.45, 2.75) is 17.7 Å². The molecule has 1 heterocycles. The largest absolute Gasteiger partial charge is 0.400 e. The Labute approximate surface area is 177 Å². The standard InChI is InChI=1S/C16H16N2O3S.C6H6.CH4O/c17-16(19)13-7-9-14(10-8-13)22(20,21)18-11-3-5-12-4-1-2-6-15(12)18;1-2-4-6-5-3-1;1-2/h1-2,4,6-10H,3,5,11H2,(H2,17,19);1-6H;2H,1H3. The van der Waals surface area contributed by atoms with Crippen molar-refractivity contribution in [3.63, 3.8) is 0 Å². The first-order chi connectivity index (χ1) is 14.5. The molecule has 0 unspecified atom stereocenters. The monoisotopic (exact) mass is 426 g/mol. The summed E-state index contributed by atoms with van der Waals surface area (Å²) in [7, 11) is -2.64. The van der Waals surface area contributed by atoms with Crippen LogP contribution in [0.4, 0.5) is 5.69 Å². The van der Waals surface area contributed by atoms with E-state index in [1.54, 1.807) is 0 Å². The third kappa shape index (κ3) is 5.68. The molecule has 1 aliphatic heterocycles. The van der Waals surface area contributed by atoms with Crippen LogP contribution in [0.1, 0.15) is 22.3 Å². The number of fused-ring (bicyclic) bond motifs is 1. The number of aliphatic hydroxyl groups excluding tert-OH is 1. The Morgan fingerprint density at radius 3 is 1.93 bits per heavy atom. The lowest BCUT2D eigenvalue weighted by molar-refractivity contribution is 0.1000. The molecular weight excluding hydrogens is 400 g/mol. The second kappa shape index (κ2) is 11.1. The number of aryl methyl sites for hydroxylation is 1. The Morgan fingerprint density at radius 1 is 0.867 bits per heavy atom. The van der Waals surface area contributed by atoms with E-state index in [1.807, 2.05) is 60.7 Å². The summed E-state index contributed by atoms with van der Waals surface area (Å²) < 4.78 is 27.1. The lowest BCUT2D eigenvalue weighted by Gasteiger charge is -2.30. The molecule has 0 radical (unpaired) electrons. The van der Waals surface area contributed by atoms with Crippen LogP contribution < -0.4 is 10.0 Å². The molecule has 1 aliphatic rings. The Balaban J connectivity index is 0.000000340. The molecule has 0 saturated heterocycles. The van der Waals surface area contributed by atoms with E-state index in [0.717, 1.165) is 31.2 Å². The highest BCUT2D eigenvalue weighted by atomic mass is 32.2. The molecule has 3 N–H and O–H groups in total. The fourth-order valence-electron chi connectivity index (χ4n) is 3.05. The lowest BCUT2D eigenvalue weighted by atomic mass is 10.0. The number of carbonyl (C=O) groups excluding carboxylic acids is 1. The third-order valence-electron chi connectivity index (χ3n) is 4.46. The zero-order valence-electron chi connectivity index (χ0n) is 16.8. The minimum Gasteiger partial charge on any atom is -0.400 e. The predicted octanol–water partition coefficient (Wildman–Crippen LogP) is 3.22. The van der Waals surface area contributed by atoms with Gasteiger partial charge < -0.3 is 10.8 Å². The Kier molecular flexibility index (Phi) is 8.58. The zero-order chi connectivity index (χ0) is 22.0. The minimum absolute atomic E-state index is 0.161. The Hall–Kier alpha value is -3.16. The van der Waals surface area contributed by atoms with Crippen LogP contribution >= 0.6 is 0 Å². The van der Waals surface area contributed by atoms with E-state index in [4.69, 9.17) is 10.8 Å². The molecule has 158 valence electrons. The first kappa shape index (κ1) is 23.1. The van der Waals surface area contributed by atoms with Crippen molar-refractivity contribution in [1.29, 1.82) is 0 Å². The number of nitrogens with two attached hydrogens (primary N) is 1. The number of amides is 1. The fraction of sp³-hybridized carbons (Fsp3) is 0.174. The summed E-state index contributed by atoms with van der Waals surface area (Å²) >= 11 is 0. The van der Waals surface area contributed by atoms with Crippen molar-refractivity contribution in [3.05, 3.63) is 96.1 Å². The number of hydrogen-bond donors (Lipinski definition) is 2. The molecule has 7 heteroatoms. The predicted molar refractivity (Wildman–Crippen MR) is 119 cm³/mol. The summed E-state index contributed by atoms with van der Waals surface area (Å²) in [6, 6.07) is 25.2. The van der Waals surface area contributed by atoms with Gasteiger partial charge in [0.25, 0.3) is 10.0 Å². The number of aliphatic hydroxyl groups is 1. The SMILES string of the molecule is CO.NC(=O)c1ccc(S(=O)(=O)N2CCCc3ccccc32)cc1.c1ccccc1. The maximum atomic E-state index is 12.8. The van der Waals surface area contributed by atoms with Gasteiger partial charge in [0.2, 0.25) is 5.91 Å². The number of hydrogen-bond acceptors (Lipinski definition) is 4. The van der Waals surface area contributed by atoms with Gasteiger partial charge in [-0.1, -0.05) is 54.6 Å². The quantitative estimate of drug-likeness (QED) is 0.671. The van der Waals surface area contributed by atoms with Gasteiger partial charge in [0.05, 0.1) is 10.6 Å². The minimum atomic E-state index is -3.64. The number of rotatable bonds is 3. The molecule has 0 atom stereocenters. The maximum Gasteiger partial charge on any atom is 0.264 e. The average Bonchev–Trinajstić information content (AvgIpc) is 2.81. The highest BCUT2D eigenvalue weighted by Gasteiger charge is 2.28. The lowest BCUT2D eigenvalue weighted by Crippen LogP contribution is -2.35. The molecule has 0 aromatic heterocycles. The number of primary amides is 1. The molecular formula is C23H26N2O4S. The molecule has 3 aromatic carbocycles. The van der Waals surface area contributed by atoms with Crippen LogP contribution in [0.3, 0.4) is 0 Å². The highest BCUT2D eigenvalue weighted by Crippen LogP contribution is 2.31. The van der Waals surface area contributed by atoms with Gasteiger partial charge in [0, 0.05) is 19.2 Å². The summed E-state index contributed by atoms with van der Waals surface area (Å²) in [6.07, 6.45) is 1.67. The smallest absolute Gasteiger partial charge is 0.264 e. The molecule has 0 bridgehead atoms. The van der Waals surface area contributed by atoms with E-state index in [1.165, 1.54) is 28.6 Å². The van der Waals surface area contributed by atoms with Crippen molar-refractivity contribution >= 4 is 21.6 Å². The molecule has 0 fully saturated rings. The average molecular weight is 427 g/mol. The third-order valence-corrected chi connectivity index (χ3v) is 6.29. The maximum absolute atomic E-state index is 12.8. The molecule has 30 heavy (non-hydrogen) atoms. The summed E-state index contributed by atoms with van der Waals surface area (Å²) in [4.78, 5) is 11.3. The van der Waals surface area contributed by atoms with Crippen molar-refractivity contribution < 1.29 is 18.3 Å². The van der Waals surface area contributed by atoms with E-state index in [-0.39, 0.29) is 10.5 Å². The Morgan fingerprint density at radius 2 is 1.40 bits per heavy atom. The first-order valence-electron chi connectivity index (χ1n) is 9.45. The van der Waals surface area contributed by atoms with E-state index in [2.05, 4.69) is 0 Å². The Bertz CT molecular complexity index is 1010. The van der Waals surface area contributed by atoms with Crippen LogP contribution in [-0.4, -0.2) is 33.1 Å². The van der Waals surface area contributed by atoms with Gasteiger partial charge in [-0.2, -0.15) is 0 Å². The second-order valence-corrected chi connectivity index (χ2v) is 8.22. The van der Waals surface area contributed by atoms with E-state index < -0.39 is 15.9 Å². The zero-order valence-corrected chi connectivity index (χ0v) is 17.6. The topological polar surface area (TPSA) is 101 Å². The first-order valence-corrected chi connectivity index (χ1v) is 10.9. The van der Waals surface area contributed by atoms with Crippen molar-refractivity contribution in [2.24, 2.45) is 5.73 Å². The molecule has 4 rings (SSSR count). The van der Waals surface area contributed by atoms with Crippen LogP contribution in [0.25, 0.3) is 0 Å². The summed E-state index contributed by atoms with van der Waals surface area (Å²) in [5, 5.41) is 7.00. The highest BCUT2D eigenvalue weighted by molar-refractivity contribution is 7.92. The fourth-order valence-corrected chi connectivity index (χ4v) is 4.59. The number of anilines is 1.